The molecule has 4 nitrogen and oxygen atoms in total. The van der Waals surface area contributed by atoms with Crippen molar-refractivity contribution in [3.8, 4) is 0 Å². The van der Waals surface area contributed by atoms with Crippen LogP contribution in [-0.4, -0.2) is 54.1 Å². The van der Waals surface area contributed by atoms with Gasteiger partial charge in [0.25, 0.3) is 0 Å². The van der Waals surface area contributed by atoms with Crippen LogP contribution in [-0.2, 0) is 6.54 Å². The van der Waals surface area contributed by atoms with Gasteiger partial charge in [-0.05, 0) is 7.05 Å². The van der Waals surface area contributed by atoms with Crippen molar-refractivity contribution in [2.24, 2.45) is 5.73 Å². The Morgan fingerprint density at radius 1 is 1.60 bits per heavy atom. The van der Waals surface area contributed by atoms with E-state index in [1.54, 1.807) is 11.3 Å². The van der Waals surface area contributed by atoms with Crippen molar-refractivity contribution in [3.63, 3.8) is 0 Å². The molecule has 5 heteroatoms. The van der Waals surface area contributed by atoms with Crippen LogP contribution in [0, 0.1) is 0 Å². The van der Waals surface area contributed by atoms with Gasteiger partial charge in [-0.15, -0.1) is 11.3 Å². The van der Waals surface area contributed by atoms with Gasteiger partial charge in [-0.3, -0.25) is 9.88 Å². The van der Waals surface area contributed by atoms with Crippen molar-refractivity contribution in [1.82, 2.24) is 14.8 Å². The zero-order valence-electron chi connectivity index (χ0n) is 9.09. The van der Waals surface area contributed by atoms with E-state index in [1.165, 1.54) is 4.88 Å². The molecule has 2 heterocycles. The lowest BCUT2D eigenvalue weighted by Gasteiger charge is -2.39. The first kappa shape index (κ1) is 11.0. The molecule has 1 aliphatic rings. The van der Waals surface area contributed by atoms with Crippen LogP contribution in [0.3, 0.4) is 0 Å². The third-order valence-corrected chi connectivity index (χ3v) is 3.69. The molecule has 1 atom stereocenters. The van der Waals surface area contributed by atoms with E-state index in [9.17, 15) is 0 Å². The highest BCUT2D eigenvalue weighted by atomic mass is 32.1. The molecule has 15 heavy (non-hydrogen) atoms. The van der Waals surface area contributed by atoms with Gasteiger partial charge in [-0.1, -0.05) is 0 Å². The molecule has 0 spiro atoms. The van der Waals surface area contributed by atoms with Crippen molar-refractivity contribution < 1.29 is 0 Å². The van der Waals surface area contributed by atoms with E-state index in [2.05, 4.69) is 21.8 Å². The summed E-state index contributed by atoms with van der Waals surface area (Å²) in [6.45, 7) is 5.06. The number of hydrogen-bond donors (Lipinski definition) is 1. The maximum atomic E-state index is 5.80. The van der Waals surface area contributed by atoms with Crippen LogP contribution >= 0.6 is 11.3 Å². The van der Waals surface area contributed by atoms with Crippen LogP contribution < -0.4 is 5.73 Å². The summed E-state index contributed by atoms with van der Waals surface area (Å²) in [6.07, 6.45) is 1.95. The lowest BCUT2D eigenvalue weighted by atomic mass is 10.1. The largest absolute Gasteiger partial charge is 0.329 e. The summed E-state index contributed by atoms with van der Waals surface area (Å²) in [4.78, 5) is 10.2. The molecule has 0 saturated carbocycles. The molecular weight excluding hydrogens is 208 g/mol. The SMILES string of the molecule is CN1CCN(Cc2cncs2)C(CN)C1. The van der Waals surface area contributed by atoms with Crippen molar-refractivity contribution in [3.05, 3.63) is 16.6 Å². The molecule has 1 aliphatic heterocycles. The van der Waals surface area contributed by atoms with Gasteiger partial charge in [0.2, 0.25) is 0 Å². The van der Waals surface area contributed by atoms with Gasteiger partial charge in [0.05, 0.1) is 5.51 Å². The topological polar surface area (TPSA) is 45.4 Å². The highest BCUT2D eigenvalue weighted by Gasteiger charge is 2.24. The number of hydrogen-bond acceptors (Lipinski definition) is 5. The lowest BCUT2D eigenvalue weighted by Crippen LogP contribution is -2.54. The standard InChI is InChI=1S/C10H18N4S/c1-13-2-3-14(9(4-11)6-13)7-10-5-12-8-15-10/h5,8-9H,2-4,6-7,11H2,1H3. The van der Waals surface area contributed by atoms with E-state index in [0.717, 1.165) is 32.7 Å². The van der Waals surface area contributed by atoms with E-state index in [1.807, 2.05) is 11.7 Å². The van der Waals surface area contributed by atoms with Crippen molar-refractivity contribution in [2.45, 2.75) is 12.6 Å². The Morgan fingerprint density at radius 2 is 2.47 bits per heavy atom. The monoisotopic (exact) mass is 226 g/mol. The van der Waals surface area contributed by atoms with Crippen molar-refractivity contribution in [1.29, 1.82) is 0 Å². The fourth-order valence-electron chi connectivity index (χ4n) is 2.00. The van der Waals surface area contributed by atoms with Gasteiger partial charge in [0, 0.05) is 49.8 Å². The molecule has 0 radical (unpaired) electrons. The Balaban J connectivity index is 1.95. The number of rotatable bonds is 3. The summed E-state index contributed by atoms with van der Waals surface area (Å²) in [5, 5.41) is 0. The summed E-state index contributed by atoms with van der Waals surface area (Å²) in [5.41, 5.74) is 7.70. The van der Waals surface area contributed by atoms with Crippen LogP contribution in [0.5, 0.6) is 0 Å². The molecule has 1 saturated heterocycles. The second-order valence-electron chi connectivity index (χ2n) is 4.09. The highest BCUT2D eigenvalue weighted by Crippen LogP contribution is 2.14. The summed E-state index contributed by atoms with van der Waals surface area (Å²) in [7, 11) is 2.16. The second kappa shape index (κ2) is 5.03. The molecule has 0 bridgehead atoms. The predicted molar refractivity (Wildman–Crippen MR) is 62.9 cm³/mol. The zero-order chi connectivity index (χ0) is 10.7. The van der Waals surface area contributed by atoms with Crippen LogP contribution in [0.2, 0.25) is 0 Å². The van der Waals surface area contributed by atoms with Gasteiger partial charge in [-0.25, -0.2) is 0 Å². The molecule has 0 aromatic carbocycles. The summed E-state index contributed by atoms with van der Waals surface area (Å²) >= 11 is 1.72. The van der Waals surface area contributed by atoms with E-state index < -0.39 is 0 Å². The van der Waals surface area contributed by atoms with Crippen LogP contribution in [0.25, 0.3) is 0 Å². The van der Waals surface area contributed by atoms with E-state index in [4.69, 9.17) is 5.73 Å². The minimum absolute atomic E-state index is 0.492. The van der Waals surface area contributed by atoms with Crippen LogP contribution in [0.15, 0.2) is 11.7 Å². The third-order valence-electron chi connectivity index (χ3n) is 2.92. The highest BCUT2D eigenvalue weighted by molar-refractivity contribution is 7.09. The molecular formula is C10H18N4S. The Kier molecular flexibility index (Phi) is 3.69. The quantitative estimate of drug-likeness (QED) is 0.801. The number of thiazole rings is 1. The molecule has 2 rings (SSSR count). The molecule has 1 unspecified atom stereocenters. The molecule has 0 aliphatic carbocycles. The molecule has 0 amide bonds. The first-order chi connectivity index (χ1) is 7.29. The fourth-order valence-corrected chi connectivity index (χ4v) is 2.62. The molecule has 1 aromatic heterocycles. The maximum Gasteiger partial charge on any atom is 0.0794 e. The normalized spacial score (nSPS) is 24.5. The first-order valence-electron chi connectivity index (χ1n) is 5.29. The number of nitrogens with two attached hydrogens (primary N) is 1. The van der Waals surface area contributed by atoms with E-state index >= 15 is 0 Å². The Bertz CT molecular complexity index is 288. The van der Waals surface area contributed by atoms with Gasteiger partial charge < -0.3 is 10.6 Å². The van der Waals surface area contributed by atoms with Gasteiger partial charge in [-0.2, -0.15) is 0 Å². The van der Waals surface area contributed by atoms with Crippen LogP contribution in [0.1, 0.15) is 4.88 Å². The molecule has 1 fully saturated rings. The zero-order valence-corrected chi connectivity index (χ0v) is 9.91. The number of likely N-dealkylation sites (N-methyl/N-ethyl adjacent to an activating group) is 1. The molecule has 1 aromatic rings. The maximum absolute atomic E-state index is 5.80. The average molecular weight is 226 g/mol. The first-order valence-corrected chi connectivity index (χ1v) is 6.17. The number of nitrogens with zero attached hydrogens (tertiary/aromatic N) is 3. The Labute approximate surface area is 94.7 Å². The molecule has 84 valence electrons. The van der Waals surface area contributed by atoms with Gasteiger partial charge in [0.1, 0.15) is 0 Å². The number of piperazine rings is 1. The summed E-state index contributed by atoms with van der Waals surface area (Å²) < 4.78 is 0. The summed E-state index contributed by atoms with van der Waals surface area (Å²) in [5.74, 6) is 0. The van der Waals surface area contributed by atoms with E-state index in [0.29, 0.717) is 6.04 Å². The lowest BCUT2D eigenvalue weighted by molar-refractivity contribution is 0.0889. The average Bonchev–Trinajstić information content (AvgIpc) is 2.73. The second-order valence-corrected chi connectivity index (χ2v) is 5.06. The van der Waals surface area contributed by atoms with Gasteiger partial charge >= 0.3 is 0 Å². The van der Waals surface area contributed by atoms with Crippen LogP contribution in [0.4, 0.5) is 0 Å². The fraction of sp³-hybridized carbons (Fsp3) is 0.700. The Hall–Kier alpha value is -0.490. The van der Waals surface area contributed by atoms with Gasteiger partial charge in [0.15, 0.2) is 0 Å². The number of aromatic nitrogens is 1. The third kappa shape index (κ3) is 2.75. The Morgan fingerprint density at radius 3 is 3.13 bits per heavy atom. The summed E-state index contributed by atoms with van der Waals surface area (Å²) in [6, 6.07) is 0.492. The minimum atomic E-state index is 0.492. The van der Waals surface area contributed by atoms with Crippen molar-refractivity contribution >= 4 is 11.3 Å². The molecule has 2 N–H and O–H groups in total. The van der Waals surface area contributed by atoms with Crippen molar-refractivity contribution in [2.75, 3.05) is 33.2 Å². The predicted octanol–water partition coefficient (Wildman–Crippen LogP) is 0.218. The smallest absolute Gasteiger partial charge is 0.0794 e. The minimum Gasteiger partial charge on any atom is -0.329 e. The van der Waals surface area contributed by atoms with E-state index in [-0.39, 0.29) is 0 Å².